The Morgan fingerprint density at radius 2 is 2.22 bits per heavy atom. The molecule has 1 aromatic rings. The van der Waals surface area contributed by atoms with Gasteiger partial charge in [0.2, 0.25) is 5.91 Å². The maximum atomic E-state index is 13.9. The Morgan fingerprint density at radius 3 is 2.89 bits per heavy atom. The molecule has 1 spiro atoms. The lowest BCUT2D eigenvalue weighted by molar-refractivity contribution is -0.125. The Labute approximate surface area is 158 Å². The normalized spacial score (nSPS) is 23.1. The lowest BCUT2D eigenvalue weighted by Gasteiger charge is -2.39. The van der Waals surface area contributed by atoms with Crippen molar-refractivity contribution in [1.29, 1.82) is 0 Å². The summed E-state index contributed by atoms with van der Waals surface area (Å²) in [4.78, 5) is 31.3. The van der Waals surface area contributed by atoms with Gasteiger partial charge in [-0.3, -0.25) is 14.5 Å². The number of ether oxygens (including phenoxy) is 1. The van der Waals surface area contributed by atoms with Crippen LogP contribution < -0.4 is 10.6 Å². The molecule has 1 atom stereocenters. The van der Waals surface area contributed by atoms with E-state index in [-0.39, 0.29) is 17.1 Å². The Balaban J connectivity index is 1.78. The molecule has 3 heterocycles. The highest BCUT2D eigenvalue weighted by Crippen LogP contribution is 2.25. The Morgan fingerprint density at radius 1 is 1.48 bits per heavy atom. The van der Waals surface area contributed by atoms with Gasteiger partial charge in [0.1, 0.15) is 6.04 Å². The first-order valence-electron chi connectivity index (χ1n) is 9.42. The van der Waals surface area contributed by atoms with Crippen LogP contribution in [0.1, 0.15) is 37.2 Å². The van der Waals surface area contributed by atoms with Gasteiger partial charge < -0.3 is 15.4 Å². The summed E-state index contributed by atoms with van der Waals surface area (Å²) >= 11 is 0. The lowest BCUT2D eigenvalue weighted by atomic mass is 9.89. The molecule has 2 saturated heterocycles. The van der Waals surface area contributed by atoms with Crippen LogP contribution in [0.3, 0.4) is 0 Å². The zero-order valence-corrected chi connectivity index (χ0v) is 15.8. The number of pyridine rings is 1. The molecule has 0 aromatic carbocycles. The maximum Gasteiger partial charge on any atom is 0.273 e. The minimum Gasteiger partial charge on any atom is -0.381 e. The molecular formula is C19H27FN4O3. The first-order chi connectivity index (χ1) is 12.9. The SMILES string of the molecule is CC(C)CN1CC(NC(=O)c2ncccc2F)C(=O)NC2(CCOCC2)C1. The number of halogens is 1. The fourth-order valence-electron chi connectivity index (χ4n) is 3.81. The van der Waals surface area contributed by atoms with Crippen molar-refractivity contribution in [3.63, 3.8) is 0 Å². The Kier molecular flexibility index (Phi) is 6.06. The second kappa shape index (κ2) is 8.31. The summed E-state index contributed by atoms with van der Waals surface area (Å²) in [5.41, 5.74) is -0.648. The predicted molar refractivity (Wildman–Crippen MR) is 97.7 cm³/mol. The summed E-state index contributed by atoms with van der Waals surface area (Å²) in [6, 6.07) is 1.83. The van der Waals surface area contributed by atoms with Gasteiger partial charge >= 0.3 is 0 Å². The van der Waals surface area contributed by atoms with E-state index < -0.39 is 17.8 Å². The number of amides is 2. The Hall–Kier alpha value is -2.06. The molecule has 1 unspecified atom stereocenters. The van der Waals surface area contributed by atoms with Gasteiger partial charge in [-0.05, 0) is 30.9 Å². The number of rotatable bonds is 4. The zero-order valence-electron chi connectivity index (χ0n) is 15.8. The number of carbonyl (C=O) groups excluding carboxylic acids is 2. The molecule has 2 N–H and O–H groups in total. The molecule has 1 aromatic heterocycles. The van der Waals surface area contributed by atoms with Gasteiger partial charge in [-0.2, -0.15) is 0 Å². The van der Waals surface area contributed by atoms with Gasteiger partial charge in [0.05, 0.1) is 5.54 Å². The van der Waals surface area contributed by atoms with E-state index in [4.69, 9.17) is 4.74 Å². The molecule has 0 aliphatic carbocycles. The first kappa shape index (κ1) is 19.7. The van der Waals surface area contributed by atoms with E-state index in [1.54, 1.807) is 0 Å². The number of nitrogens with one attached hydrogen (secondary N) is 2. The van der Waals surface area contributed by atoms with E-state index >= 15 is 0 Å². The number of hydrogen-bond donors (Lipinski definition) is 2. The molecule has 7 nitrogen and oxygen atoms in total. The summed E-state index contributed by atoms with van der Waals surface area (Å²) in [5.74, 6) is -1.21. The maximum absolute atomic E-state index is 13.9. The quantitative estimate of drug-likeness (QED) is 0.815. The van der Waals surface area contributed by atoms with Gasteiger partial charge in [-0.25, -0.2) is 9.37 Å². The molecular weight excluding hydrogens is 351 g/mol. The second-order valence-electron chi connectivity index (χ2n) is 7.83. The summed E-state index contributed by atoms with van der Waals surface area (Å²) in [6.07, 6.45) is 2.83. The van der Waals surface area contributed by atoms with Gasteiger partial charge in [0.25, 0.3) is 5.91 Å². The van der Waals surface area contributed by atoms with E-state index in [9.17, 15) is 14.0 Å². The molecule has 3 rings (SSSR count). The molecule has 148 valence electrons. The van der Waals surface area contributed by atoms with Crippen molar-refractivity contribution in [2.75, 3.05) is 32.8 Å². The standard InChI is InChI=1S/C19H27FN4O3/c1-13(2)10-24-11-15(22-18(26)16-14(20)4-3-7-21-16)17(25)23-19(12-24)5-8-27-9-6-19/h3-4,7,13,15H,5-6,8-12H2,1-2H3,(H,22,26)(H,23,25). The van der Waals surface area contributed by atoms with Gasteiger partial charge in [0, 0.05) is 39.0 Å². The third-order valence-corrected chi connectivity index (χ3v) is 5.02. The van der Waals surface area contributed by atoms with E-state index in [0.29, 0.717) is 32.2 Å². The van der Waals surface area contributed by atoms with E-state index in [1.807, 2.05) is 0 Å². The van der Waals surface area contributed by atoms with Crippen molar-refractivity contribution in [2.45, 2.75) is 38.3 Å². The van der Waals surface area contributed by atoms with Crippen molar-refractivity contribution >= 4 is 11.8 Å². The van der Waals surface area contributed by atoms with Crippen LogP contribution in [0.15, 0.2) is 18.3 Å². The first-order valence-corrected chi connectivity index (χ1v) is 9.42. The molecule has 2 fully saturated rings. The van der Waals surface area contributed by atoms with Gasteiger partial charge in [0.15, 0.2) is 11.5 Å². The van der Waals surface area contributed by atoms with Crippen LogP contribution in [0, 0.1) is 11.7 Å². The van der Waals surface area contributed by atoms with Crippen molar-refractivity contribution in [1.82, 2.24) is 20.5 Å². The molecule has 2 amide bonds. The summed E-state index contributed by atoms with van der Waals surface area (Å²) in [5, 5.41) is 5.79. The topological polar surface area (TPSA) is 83.6 Å². The van der Waals surface area contributed by atoms with Crippen molar-refractivity contribution in [3.8, 4) is 0 Å². The van der Waals surface area contributed by atoms with Crippen LogP contribution >= 0.6 is 0 Å². The zero-order chi connectivity index (χ0) is 19.4. The number of aromatic nitrogens is 1. The molecule has 8 heteroatoms. The third-order valence-electron chi connectivity index (χ3n) is 5.02. The Bertz CT molecular complexity index is 691. The molecule has 2 aliphatic heterocycles. The smallest absolute Gasteiger partial charge is 0.273 e. The molecule has 2 aliphatic rings. The average molecular weight is 378 g/mol. The summed E-state index contributed by atoms with van der Waals surface area (Å²) in [6.45, 7) is 7.35. The largest absolute Gasteiger partial charge is 0.381 e. The second-order valence-corrected chi connectivity index (χ2v) is 7.83. The van der Waals surface area contributed by atoms with Crippen LogP contribution in [0.2, 0.25) is 0 Å². The molecule has 0 saturated carbocycles. The number of carbonyl (C=O) groups is 2. The van der Waals surface area contributed by atoms with Crippen LogP contribution in [-0.2, 0) is 9.53 Å². The van der Waals surface area contributed by atoms with E-state index in [1.165, 1.54) is 18.3 Å². The fraction of sp³-hybridized carbons (Fsp3) is 0.632. The van der Waals surface area contributed by atoms with Crippen molar-refractivity contribution < 1.29 is 18.7 Å². The minimum absolute atomic E-state index is 0.243. The third kappa shape index (κ3) is 4.81. The van der Waals surface area contributed by atoms with Crippen molar-refractivity contribution in [3.05, 3.63) is 29.8 Å². The monoisotopic (exact) mass is 378 g/mol. The van der Waals surface area contributed by atoms with Crippen LogP contribution in [0.5, 0.6) is 0 Å². The molecule has 0 bridgehead atoms. The number of nitrogens with zero attached hydrogens (tertiary/aromatic N) is 2. The van der Waals surface area contributed by atoms with E-state index in [0.717, 1.165) is 19.4 Å². The van der Waals surface area contributed by atoms with Gasteiger partial charge in [-0.15, -0.1) is 0 Å². The highest BCUT2D eigenvalue weighted by atomic mass is 19.1. The number of hydrogen-bond acceptors (Lipinski definition) is 5. The average Bonchev–Trinajstić information content (AvgIpc) is 2.72. The molecule has 27 heavy (non-hydrogen) atoms. The van der Waals surface area contributed by atoms with Gasteiger partial charge in [-0.1, -0.05) is 13.8 Å². The van der Waals surface area contributed by atoms with Crippen LogP contribution in [-0.4, -0.2) is 66.1 Å². The van der Waals surface area contributed by atoms with Crippen LogP contribution in [0.4, 0.5) is 4.39 Å². The van der Waals surface area contributed by atoms with E-state index in [2.05, 4.69) is 34.4 Å². The highest BCUT2D eigenvalue weighted by Gasteiger charge is 2.41. The summed E-state index contributed by atoms with van der Waals surface area (Å²) < 4.78 is 19.3. The van der Waals surface area contributed by atoms with Crippen molar-refractivity contribution in [2.24, 2.45) is 5.92 Å². The van der Waals surface area contributed by atoms with Crippen LogP contribution in [0.25, 0.3) is 0 Å². The summed E-state index contributed by atoms with van der Waals surface area (Å²) in [7, 11) is 0. The highest BCUT2D eigenvalue weighted by molar-refractivity contribution is 5.96. The molecule has 0 radical (unpaired) electrons. The fourth-order valence-corrected chi connectivity index (χ4v) is 3.81. The predicted octanol–water partition coefficient (Wildman–Crippen LogP) is 0.956. The minimum atomic E-state index is -0.764. The lowest BCUT2D eigenvalue weighted by Crippen LogP contribution is -2.57.